The molecule has 7 heteroatoms. The van der Waals surface area contributed by atoms with Gasteiger partial charge in [0.2, 0.25) is 5.13 Å². The summed E-state index contributed by atoms with van der Waals surface area (Å²) in [6, 6.07) is 4.12. The van der Waals surface area contributed by atoms with Gasteiger partial charge in [-0.25, -0.2) is 0 Å². The van der Waals surface area contributed by atoms with Gasteiger partial charge in [0, 0.05) is 6.42 Å². The SMILES string of the molecule is CC(C)Cc1nnc(NC(=O)c2c(O)cccc2O)s1. The summed E-state index contributed by atoms with van der Waals surface area (Å²) in [6.45, 7) is 4.14. The number of hydrogen-bond donors (Lipinski definition) is 3. The molecule has 0 saturated heterocycles. The van der Waals surface area contributed by atoms with E-state index in [1.165, 1.54) is 29.5 Å². The lowest BCUT2D eigenvalue weighted by molar-refractivity contribution is 0.102. The van der Waals surface area contributed by atoms with Crippen molar-refractivity contribution in [2.24, 2.45) is 5.92 Å². The van der Waals surface area contributed by atoms with E-state index in [1.807, 2.05) is 0 Å². The molecule has 20 heavy (non-hydrogen) atoms. The van der Waals surface area contributed by atoms with Gasteiger partial charge in [-0.2, -0.15) is 0 Å². The molecule has 1 aromatic carbocycles. The standard InChI is InChI=1S/C13H15N3O3S/c1-7(2)6-10-15-16-13(20-10)14-12(19)11-8(17)4-3-5-9(11)18/h3-5,7,17-18H,6H2,1-2H3,(H,14,16,19). The van der Waals surface area contributed by atoms with Gasteiger partial charge in [-0.3, -0.25) is 10.1 Å². The first-order valence-electron chi connectivity index (χ1n) is 6.12. The van der Waals surface area contributed by atoms with E-state index in [-0.39, 0.29) is 17.1 Å². The molecule has 3 N–H and O–H groups in total. The van der Waals surface area contributed by atoms with Crippen molar-refractivity contribution in [1.82, 2.24) is 10.2 Å². The number of nitrogens with zero attached hydrogens (tertiary/aromatic N) is 2. The number of rotatable bonds is 4. The molecule has 0 bridgehead atoms. The summed E-state index contributed by atoms with van der Waals surface area (Å²) < 4.78 is 0. The van der Waals surface area contributed by atoms with E-state index in [2.05, 4.69) is 29.4 Å². The Labute approximate surface area is 120 Å². The summed E-state index contributed by atoms with van der Waals surface area (Å²) in [4.78, 5) is 12.0. The van der Waals surface area contributed by atoms with E-state index < -0.39 is 5.91 Å². The monoisotopic (exact) mass is 293 g/mol. The Balaban J connectivity index is 2.14. The Bertz CT molecular complexity index is 605. The average Bonchev–Trinajstić information content (AvgIpc) is 2.75. The molecule has 0 aliphatic heterocycles. The molecule has 0 fully saturated rings. The summed E-state index contributed by atoms with van der Waals surface area (Å²) in [5.41, 5.74) is -0.173. The Morgan fingerprint density at radius 3 is 2.55 bits per heavy atom. The number of hydrogen-bond acceptors (Lipinski definition) is 6. The van der Waals surface area contributed by atoms with Crippen LogP contribution in [0.3, 0.4) is 0 Å². The normalized spacial score (nSPS) is 10.8. The van der Waals surface area contributed by atoms with Crippen LogP contribution in [-0.4, -0.2) is 26.3 Å². The molecule has 1 amide bonds. The van der Waals surface area contributed by atoms with Crippen molar-refractivity contribution in [3.63, 3.8) is 0 Å². The maximum absolute atomic E-state index is 12.0. The maximum Gasteiger partial charge on any atom is 0.265 e. The third-order valence-corrected chi connectivity index (χ3v) is 3.38. The fourth-order valence-electron chi connectivity index (χ4n) is 1.66. The minimum absolute atomic E-state index is 0.173. The Kier molecular flexibility index (Phi) is 4.19. The summed E-state index contributed by atoms with van der Waals surface area (Å²) in [7, 11) is 0. The summed E-state index contributed by atoms with van der Waals surface area (Å²) in [5.74, 6) is -0.731. The third-order valence-electron chi connectivity index (χ3n) is 2.52. The number of aromatic hydroxyl groups is 2. The molecule has 0 aliphatic rings. The second kappa shape index (κ2) is 5.87. The minimum atomic E-state index is -0.618. The number of aromatic nitrogens is 2. The summed E-state index contributed by atoms with van der Waals surface area (Å²) >= 11 is 1.28. The number of phenols is 2. The van der Waals surface area contributed by atoms with Crippen LogP contribution < -0.4 is 5.32 Å². The van der Waals surface area contributed by atoms with Crippen molar-refractivity contribution in [2.75, 3.05) is 5.32 Å². The van der Waals surface area contributed by atoms with Gasteiger partial charge in [-0.1, -0.05) is 31.3 Å². The van der Waals surface area contributed by atoms with Gasteiger partial charge in [-0.15, -0.1) is 10.2 Å². The second-order valence-corrected chi connectivity index (χ2v) is 5.79. The van der Waals surface area contributed by atoms with Crippen LogP contribution in [0.25, 0.3) is 0 Å². The van der Waals surface area contributed by atoms with E-state index in [4.69, 9.17) is 0 Å². The quantitative estimate of drug-likeness (QED) is 0.804. The topological polar surface area (TPSA) is 95.3 Å². The predicted molar refractivity (Wildman–Crippen MR) is 76.2 cm³/mol. The lowest BCUT2D eigenvalue weighted by Crippen LogP contribution is -2.12. The van der Waals surface area contributed by atoms with Crippen molar-refractivity contribution >= 4 is 22.4 Å². The number of carbonyl (C=O) groups excluding carboxylic acids is 1. The van der Waals surface area contributed by atoms with Gasteiger partial charge in [-0.05, 0) is 18.1 Å². The van der Waals surface area contributed by atoms with Crippen molar-refractivity contribution in [2.45, 2.75) is 20.3 Å². The molecule has 0 spiro atoms. The first-order chi connectivity index (χ1) is 9.47. The predicted octanol–water partition coefficient (Wildman–Crippen LogP) is 2.40. The zero-order valence-corrected chi connectivity index (χ0v) is 11.9. The largest absolute Gasteiger partial charge is 0.507 e. The van der Waals surface area contributed by atoms with Gasteiger partial charge < -0.3 is 10.2 Å². The van der Waals surface area contributed by atoms with Crippen LogP contribution in [0.2, 0.25) is 0 Å². The lowest BCUT2D eigenvalue weighted by Gasteiger charge is -2.05. The summed E-state index contributed by atoms with van der Waals surface area (Å²) in [6.07, 6.45) is 0.787. The molecule has 106 valence electrons. The fourth-order valence-corrected chi connectivity index (χ4v) is 2.60. The van der Waals surface area contributed by atoms with Gasteiger partial charge >= 0.3 is 0 Å². The lowest BCUT2D eigenvalue weighted by atomic mass is 10.1. The second-order valence-electron chi connectivity index (χ2n) is 4.72. The smallest absolute Gasteiger partial charge is 0.265 e. The molecule has 0 radical (unpaired) electrons. The highest BCUT2D eigenvalue weighted by Gasteiger charge is 2.17. The number of amides is 1. The number of phenolic OH excluding ortho intramolecular Hbond substituents is 2. The van der Waals surface area contributed by atoms with Gasteiger partial charge in [0.05, 0.1) is 0 Å². The summed E-state index contributed by atoms with van der Waals surface area (Å²) in [5, 5.41) is 30.8. The van der Waals surface area contributed by atoms with Gasteiger partial charge in [0.15, 0.2) is 0 Å². The highest BCUT2D eigenvalue weighted by Crippen LogP contribution is 2.27. The van der Waals surface area contributed by atoms with E-state index in [0.29, 0.717) is 11.0 Å². The van der Waals surface area contributed by atoms with Crippen LogP contribution in [0, 0.1) is 5.92 Å². The average molecular weight is 293 g/mol. The van der Waals surface area contributed by atoms with Gasteiger partial charge in [0.1, 0.15) is 22.1 Å². The van der Waals surface area contributed by atoms with Crippen molar-refractivity contribution in [3.8, 4) is 11.5 Å². The molecule has 0 unspecified atom stereocenters. The first-order valence-corrected chi connectivity index (χ1v) is 6.93. The highest BCUT2D eigenvalue weighted by molar-refractivity contribution is 7.15. The van der Waals surface area contributed by atoms with Crippen LogP contribution in [0.4, 0.5) is 5.13 Å². The zero-order valence-electron chi connectivity index (χ0n) is 11.1. The third kappa shape index (κ3) is 3.24. The number of nitrogens with one attached hydrogen (secondary N) is 1. The molecule has 0 aliphatic carbocycles. The van der Waals surface area contributed by atoms with E-state index in [0.717, 1.165) is 11.4 Å². The maximum atomic E-state index is 12.0. The van der Waals surface area contributed by atoms with Crippen LogP contribution in [0.1, 0.15) is 29.2 Å². The van der Waals surface area contributed by atoms with E-state index in [9.17, 15) is 15.0 Å². The number of carbonyl (C=O) groups is 1. The Hall–Kier alpha value is -2.15. The first kappa shape index (κ1) is 14.3. The van der Waals surface area contributed by atoms with Crippen molar-refractivity contribution < 1.29 is 15.0 Å². The molecule has 1 heterocycles. The number of benzene rings is 1. The van der Waals surface area contributed by atoms with Crippen molar-refractivity contribution in [1.29, 1.82) is 0 Å². The number of anilines is 1. The zero-order chi connectivity index (χ0) is 14.7. The Morgan fingerprint density at radius 2 is 1.95 bits per heavy atom. The fraction of sp³-hybridized carbons (Fsp3) is 0.308. The molecule has 2 rings (SSSR count). The molecule has 6 nitrogen and oxygen atoms in total. The molecular weight excluding hydrogens is 278 g/mol. The molecule has 2 aromatic rings. The van der Waals surface area contributed by atoms with E-state index >= 15 is 0 Å². The van der Waals surface area contributed by atoms with Gasteiger partial charge in [0.25, 0.3) is 5.91 Å². The van der Waals surface area contributed by atoms with Crippen LogP contribution >= 0.6 is 11.3 Å². The van der Waals surface area contributed by atoms with Crippen LogP contribution in [0.15, 0.2) is 18.2 Å². The highest BCUT2D eigenvalue weighted by atomic mass is 32.1. The van der Waals surface area contributed by atoms with Crippen LogP contribution in [0.5, 0.6) is 11.5 Å². The molecule has 0 atom stereocenters. The minimum Gasteiger partial charge on any atom is -0.507 e. The van der Waals surface area contributed by atoms with Crippen LogP contribution in [-0.2, 0) is 6.42 Å². The molecule has 1 aromatic heterocycles. The Morgan fingerprint density at radius 1 is 1.30 bits per heavy atom. The molecular formula is C13H15N3O3S. The van der Waals surface area contributed by atoms with Crippen molar-refractivity contribution in [3.05, 3.63) is 28.8 Å². The molecule has 0 saturated carbocycles. The van der Waals surface area contributed by atoms with E-state index in [1.54, 1.807) is 0 Å².